The molecule has 1 rings (SSSR count). The molecular weight excluding hydrogens is 186 g/mol. The Bertz CT molecular complexity index is 229. The predicted octanol–water partition coefficient (Wildman–Crippen LogP) is 1.08. The minimum atomic E-state index is -0.924. The summed E-state index contributed by atoms with van der Waals surface area (Å²) in [4.78, 5) is 23.3. The monoisotopic (exact) mass is 201 g/mol. The quantitative estimate of drug-likeness (QED) is 0.739. The van der Waals surface area contributed by atoms with Crippen LogP contribution in [0.3, 0.4) is 0 Å². The van der Waals surface area contributed by atoms with E-state index in [0.717, 1.165) is 6.42 Å². The van der Waals surface area contributed by atoms with Crippen molar-refractivity contribution < 1.29 is 19.4 Å². The molecule has 0 aromatic heterocycles. The van der Waals surface area contributed by atoms with Crippen LogP contribution in [-0.4, -0.2) is 41.3 Å². The number of cyclic esters (lactones) is 1. The Morgan fingerprint density at radius 1 is 1.71 bits per heavy atom. The maximum Gasteiger partial charge on any atom is 0.410 e. The van der Waals surface area contributed by atoms with Gasteiger partial charge in [-0.05, 0) is 6.42 Å². The van der Waals surface area contributed by atoms with Crippen LogP contribution >= 0.6 is 0 Å². The molecule has 1 unspecified atom stereocenters. The molecule has 1 amide bonds. The third-order valence-corrected chi connectivity index (χ3v) is 2.14. The maximum absolute atomic E-state index is 11.3. The van der Waals surface area contributed by atoms with Crippen LogP contribution in [0.15, 0.2) is 0 Å². The van der Waals surface area contributed by atoms with Gasteiger partial charge < -0.3 is 14.7 Å². The van der Waals surface area contributed by atoms with Crippen LogP contribution in [0.2, 0.25) is 0 Å². The van der Waals surface area contributed by atoms with E-state index in [1.807, 2.05) is 6.92 Å². The van der Waals surface area contributed by atoms with Crippen molar-refractivity contribution in [3.8, 4) is 0 Å². The van der Waals surface area contributed by atoms with Crippen LogP contribution in [0, 0.1) is 0 Å². The number of hydrogen-bond donors (Lipinski definition) is 1. The van der Waals surface area contributed by atoms with Gasteiger partial charge in [0.15, 0.2) is 0 Å². The van der Waals surface area contributed by atoms with Crippen molar-refractivity contribution in [1.29, 1.82) is 0 Å². The van der Waals surface area contributed by atoms with E-state index in [0.29, 0.717) is 19.5 Å². The van der Waals surface area contributed by atoms with Gasteiger partial charge in [0.1, 0.15) is 6.10 Å². The van der Waals surface area contributed by atoms with E-state index in [1.165, 1.54) is 0 Å². The van der Waals surface area contributed by atoms with Gasteiger partial charge in [-0.1, -0.05) is 6.92 Å². The van der Waals surface area contributed by atoms with Gasteiger partial charge in [0, 0.05) is 19.5 Å². The van der Waals surface area contributed by atoms with Gasteiger partial charge in [-0.25, -0.2) is 4.79 Å². The molecule has 1 aliphatic rings. The number of aliphatic carboxylic acids is 1. The normalized spacial score (nSPS) is 21.9. The number of ether oxygens (including phenoxy) is 1. The number of rotatable bonds is 4. The van der Waals surface area contributed by atoms with Crippen molar-refractivity contribution in [1.82, 2.24) is 4.90 Å². The summed E-state index contributed by atoms with van der Waals surface area (Å²) in [6, 6.07) is 0. The van der Waals surface area contributed by atoms with E-state index < -0.39 is 12.1 Å². The molecule has 1 atom stereocenters. The number of amides is 1. The summed E-state index contributed by atoms with van der Waals surface area (Å²) < 4.78 is 4.97. The van der Waals surface area contributed by atoms with Crippen molar-refractivity contribution in [2.75, 3.05) is 13.1 Å². The molecular formula is C9H15NO4. The Hall–Kier alpha value is -1.26. The number of nitrogens with zero attached hydrogens (tertiary/aromatic N) is 1. The Morgan fingerprint density at radius 3 is 2.93 bits per heavy atom. The summed E-state index contributed by atoms with van der Waals surface area (Å²) in [5.74, 6) is -0.924. The van der Waals surface area contributed by atoms with Crippen molar-refractivity contribution in [2.24, 2.45) is 0 Å². The first-order valence-electron chi connectivity index (χ1n) is 4.80. The molecule has 1 fully saturated rings. The highest BCUT2D eigenvalue weighted by Gasteiger charge is 2.27. The third kappa shape index (κ3) is 2.90. The molecule has 80 valence electrons. The molecule has 0 aromatic carbocycles. The van der Waals surface area contributed by atoms with Gasteiger partial charge in [-0.15, -0.1) is 0 Å². The molecule has 5 nitrogen and oxygen atoms in total. The first-order chi connectivity index (χ1) is 6.63. The zero-order chi connectivity index (χ0) is 10.6. The van der Waals surface area contributed by atoms with Crippen molar-refractivity contribution >= 4 is 12.1 Å². The van der Waals surface area contributed by atoms with E-state index >= 15 is 0 Å². The third-order valence-electron chi connectivity index (χ3n) is 2.14. The van der Waals surface area contributed by atoms with Gasteiger partial charge in [0.05, 0.1) is 6.42 Å². The zero-order valence-electron chi connectivity index (χ0n) is 8.23. The standard InChI is InChI=1S/C9H15NO4/c1-2-4-10-5-3-7(6-8(11)12)14-9(10)13/h7H,2-6H2,1H3,(H,11,12). The molecule has 0 saturated carbocycles. The first-order valence-corrected chi connectivity index (χ1v) is 4.80. The molecule has 0 spiro atoms. The van der Waals surface area contributed by atoms with Crippen LogP contribution in [0.25, 0.3) is 0 Å². The summed E-state index contributed by atoms with van der Waals surface area (Å²) in [5.41, 5.74) is 0. The van der Waals surface area contributed by atoms with E-state index in [4.69, 9.17) is 9.84 Å². The predicted molar refractivity (Wildman–Crippen MR) is 49.0 cm³/mol. The molecule has 0 aromatic rings. The fourth-order valence-electron chi connectivity index (χ4n) is 1.48. The molecule has 0 aliphatic carbocycles. The van der Waals surface area contributed by atoms with Crippen molar-refractivity contribution in [2.45, 2.75) is 32.3 Å². The molecule has 14 heavy (non-hydrogen) atoms. The summed E-state index contributed by atoms with van der Waals surface area (Å²) >= 11 is 0. The van der Waals surface area contributed by atoms with Crippen LogP contribution in [0.4, 0.5) is 4.79 Å². The lowest BCUT2D eigenvalue weighted by atomic mass is 10.1. The summed E-state index contributed by atoms with van der Waals surface area (Å²) in [7, 11) is 0. The van der Waals surface area contributed by atoms with Crippen molar-refractivity contribution in [3.05, 3.63) is 0 Å². The summed E-state index contributed by atoms with van der Waals surface area (Å²) in [6.45, 7) is 3.26. The highest BCUT2D eigenvalue weighted by molar-refractivity contribution is 5.71. The van der Waals surface area contributed by atoms with Crippen LogP contribution in [-0.2, 0) is 9.53 Å². The van der Waals surface area contributed by atoms with Crippen LogP contribution in [0.5, 0.6) is 0 Å². The number of carboxylic acids is 1. The van der Waals surface area contributed by atoms with Gasteiger partial charge in [-0.3, -0.25) is 4.79 Å². The summed E-state index contributed by atoms with van der Waals surface area (Å²) in [6.07, 6.45) is 0.570. The Kier molecular flexibility index (Phi) is 3.73. The lowest BCUT2D eigenvalue weighted by Gasteiger charge is -2.30. The van der Waals surface area contributed by atoms with Crippen LogP contribution in [0.1, 0.15) is 26.2 Å². The van der Waals surface area contributed by atoms with Gasteiger partial charge in [-0.2, -0.15) is 0 Å². The second kappa shape index (κ2) is 4.83. The molecule has 1 saturated heterocycles. The van der Waals surface area contributed by atoms with E-state index in [9.17, 15) is 9.59 Å². The second-order valence-corrected chi connectivity index (χ2v) is 3.38. The van der Waals surface area contributed by atoms with E-state index in [2.05, 4.69) is 0 Å². The SMILES string of the molecule is CCCN1CCC(CC(=O)O)OC1=O. The molecule has 0 radical (unpaired) electrons. The number of carboxylic acid groups (broad SMARTS) is 1. The fourth-order valence-corrected chi connectivity index (χ4v) is 1.48. The highest BCUT2D eigenvalue weighted by Crippen LogP contribution is 2.14. The number of carbonyl (C=O) groups excluding carboxylic acids is 1. The fraction of sp³-hybridized carbons (Fsp3) is 0.778. The Labute approximate surface area is 82.6 Å². The molecule has 5 heteroatoms. The Balaban J connectivity index is 2.38. The topological polar surface area (TPSA) is 66.8 Å². The lowest BCUT2D eigenvalue weighted by molar-refractivity contribution is -0.139. The Morgan fingerprint density at radius 2 is 2.43 bits per heavy atom. The van der Waals surface area contributed by atoms with E-state index in [1.54, 1.807) is 4.90 Å². The average molecular weight is 201 g/mol. The molecule has 0 bridgehead atoms. The van der Waals surface area contributed by atoms with E-state index in [-0.39, 0.29) is 12.5 Å². The van der Waals surface area contributed by atoms with Crippen molar-refractivity contribution in [3.63, 3.8) is 0 Å². The molecule has 1 aliphatic heterocycles. The molecule has 1 heterocycles. The summed E-state index contributed by atoms with van der Waals surface area (Å²) in [5, 5.41) is 8.52. The number of hydrogen-bond acceptors (Lipinski definition) is 3. The minimum Gasteiger partial charge on any atom is -0.481 e. The first kappa shape index (κ1) is 10.8. The number of carbonyl (C=O) groups is 2. The zero-order valence-corrected chi connectivity index (χ0v) is 8.23. The van der Waals surface area contributed by atoms with Gasteiger partial charge in [0.2, 0.25) is 0 Å². The largest absolute Gasteiger partial charge is 0.481 e. The van der Waals surface area contributed by atoms with Crippen LogP contribution < -0.4 is 0 Å². The smallest absolute Gasteiger partial charge is 0.410 e. The second-order valence-electron chi connectivity index (χ2n) is 3.38. The van der Waals surface area contributed by atoms with Gasteiger partial charge in [0.25, 0.3) is 0 Å². The minimum absolute atomic E-state index is 0.0916. The maximum atomic E-state index is 11.3. The highest BCUT2D eigenvalue weighted by atomic mass is 16.6. The van der Waals surface area contributed by atoms with Gasteiger partial charge >= 0.3 is 12.1 Å². The average Bonchev–Trinajstić information content (AvgIpc) is 2.09. The molecule has 1 N–H and O–H groups in total. The lowest BCUT2D eigenvalue weighted by Crippen LogP contribution is -2.42.